The summed E-state index contributed by atoms with van der Waals surface area (Å²) in [4.78, 5) is 0. The maximum Gasteiger partial charge on any atom is 0.0687 e. The molecule has 1 spiro atoms. The van der Waals surface area contributed by atoms with Crippen LogP contribution >= 0.6 is 0 Å². The average Bonchev–Trinajstić information content (AvgIpc) is 2.97. The van der Waals surface area contributed by atoms with E-state index in [-0.39, 0.29) is 11.1 Å². The Morgan fingerprint density at radius 3 is 2.30 bits per heavy atom. The van der Waals surface area contributed by atoms with Gasteiger partial charge >= 0.3 is 0 Å². The molecule has 1 aliphatic heterocycles. The van der Waals surface area contributed by atoms with E-state index in [4.69, 9.17) is 4.74 Å². The van der Waals surface area contributed by atoms with Gasteiger partial charge in [0.2, 0.25) is 0 Å². The molecule has 0 aromatic carbocycles. The van der Waals surface area contributed by atoms with E-state index in [9.17, 15) is 0 Å². The van der Waals surface area contributed by atoms with Gasteiger partial charge in [0.05, 0.1) is 11.7 Å². The first-order valence-corrected chi connectivity index (χ1v) is 8.69. The highest BCUT2D eigenvalue weighted by atomic mass is 16.5. The van der Waals surface area contributed by atoms with Crippen molar-refractivity contribution in [2.24, 2.45) is 5.41 Å². The maximum absolute atomic E-state index is 6.51. The Morgan fingerprint density at radius 2 is 1.75 bits per heavy atom. The molecule has 2 rings (SSSR count). The van der Waals surface area contributed by atoms with Gasteiger partial charge in [0, 0.05) is 12.1 Å². The topological polar surface area (TPSA) is 21.3 Å². The molecule has 1 N–H and O–H groups in total. The van der Waals surface area contributed by atoms with Crippen LogP contribution in [-0.2, 0) is 4.74 Å². The summed E-state index contributed by atoms with van der Waals surface area (Å²) in [7, 11) is 0. The summed E-state index contributed by atoms with van der Waals surface area (Å²) >= 11 is 0. The van der Waals surface area contributed by atoms with Gasteiger partial charge in [-0.05, 0) is 64.7 Å². The van der Waals surface area contributed by atoms with Crippen molar-refractivity contribution in [3.8, 4) is 0 Å². The third kappa shape index (κ3) is 4.21. The van der Waals surface area contributed by atoms with Crippen LogP contribution in [0.25, 0.3) is 0 Å². The van der Waals surface area contributed by atoms with Gasteiger partial charge in [-0.15, -0.1) is 0 Å². The van der Waals surface area contributed by atoms with Gasteiger partial charge in [0.1, 0.15) is 0 Å². The van der Waals surface area contributed by atoms with Crippen LogP contribution in [0, 0.1) is 5.41 Å². The second-order valence-electron chi connectivity index (χ2n) is 8.64. The summed E-state index contributed by atoms with van der Waals surface area (Å²) in [6, 6.07) is 0. The normalized spacial score (nSPS) is 28.9. The van der Waals surface area contributed by atoms with Crippen LogP contribution in [0.5, 0.6) is 0 Å². The minimum Gasteiger partial charge on any atom is -0.372 e. The standard InChI is InChI=1S/C18H35NO/c1-6-17(5,14-19-16(2,3)4)13-15-9-12-18(20-15)10-7-8-11-18/h15,19H,6-14H2,1-5H3. The second-order valence-corrected chi connectivity index (χ2v) is 8.64. The smallest absolute Gasteiger partial charge is 0.0687 e. The van der Waals surface area contributed by atoms with Gasteiger partial charge in [0.15, 0.2) is 0 Å². The van der Waals surface area contributed by atoms with Crippen molar-refractivity contribution < 1.29 is 4.74 Å². The fourth-order valence-corrected chi connectivity index (χ4v) is 3.80. The lowest BCUT2D eigenvalue weighted by Crippen LogP contribution is -2.44. The predicted octanol–water partition coefficient (Wildman–Crippen LogP) is 4.67. The Bertz CT molecular complexity index is 314. The van der Waals surface area contributed by atoms with Crippen molar-refractivity contribution >= 4 is 0 Å². The van der Waals surface area contributed by atoms with Crippen molar-refractivity contribution in [1.29, 1.82) is 0 Å². The molecule has 1 saturated carbocycles. The van der Waals surface area contributed by atoms with E-state index in [2.05, 4.69) is 39.9 Å². The Morgan fingerprint density at radius 1 is 1.10 bits per heavy atom. The average molecular weight is 281 g/mol. The molecule has 0 bridgehead atoms. The molecule has 2 nitrogen and oxygen atoms in total. The fraction of sp³-hybridized carbons (Fsp3) is 1.00. The van der Waals surface area contributed by atoms with Crippen LogP contribution in [0.2, 0.25) is 0 Å². The molecule has 2 fully saturated rings. The fourth-order valence-electron chi connectivity index (χ4n) is 3.80. The molecule has 2 atom stereocenters. The molecule has 0 aromatic rings. The van der Waals surface area contributed by atoms with Gasteiger partial charge in [-0.25, -0.2) is 0 Å². The van der Waals surface area contributed by atoms with Crippen LogP contribution < -0.4 is 5.32 Å². The molecule has 0 amide bonds. The summed E-state index contributed by atoms with van der Waals surface area (Å²) in [6.45, 7) is 12.6. The van der Waals surface area contributed by atoms with Gasteiger partial charge in [-0.1, -0.05) is 26.7 Å². The van der Waals surface area contributed by atoms with Crippen LogP contribution in [0.3, 0.4) is 0 Å². The van der Waals surface area contributed by atoms with Gasteiger partial charge < -0.3 is 10.1 Å². The van der Waals surface area contributed by atoms with Crippen molar-refractivity contribution in [3.05, 3.63) is 0 Å². The Hall–Kier alpha value is -0.0800. The summed E-state index contributed by atoms with van der Waals surface area (Å²) in [5.41, 5.74) is 0.860. The van der Waals surface area contributed by atoms with Gasteiger partial charge in [-0.2, -0.15) is 0 Å². The molecule has 2 unspecified atom stereocenters. The number of nitrogens with one attached hydrogen (secondary N) is 1. The van der Waals surface area contributed by atoms with Crippen LogP contribution in [0.15, 0.2) is 0 Å². The van der Waals surface area contributed by atoms with E-state index in [0.29, 0.717) is 11.5 Å². The first-order valence-electron chi connectivity index (χ1n) is 8.69. The zero-order valence-corrected chi connectivity index (χ0v) is 14.3. The van der Waals surface area contributed by atoms with E-state index in [0.717, 1.165) is 6.54 Å². The van der Waals surface area contributed by atoms with Gasteiger partial charge in [0.25, 0.3) is 0 Å². The second kappa shape index (κ2) is 5.96. The molecule has 0 radical (unpaired) electrons. The Balaban J connectivity index is 1.86. The van der Waals surface area contributed by atoms with E-state index >= 15 is 0 Å². The molecule has 1 heterocycles. The van der Waals surface area contributed by atoms with E-state index in [1.807, 2.05) is 0 Å². The third-order valence-corrected chi connectivity index (χ3v) is 5.47. The lowest BCUT2D eigenvalue weighted by Gasteiger charge is -2.35. The van der Waals surface area contributed by atoms with Crippen molar-refractivity contribution in [2.45, 2.75) is 103 Å². The van der Waals surface area contributed by atoms with Crippen LogP contribution in [-0.4, -0.2) is 23.8 Å². The summed E-state index contributed by atoms with van der Waals surface area (Å²) < 4.78 is 6.51. The lowest BCUT2D eigenvalue weighted by atomic mass is 9.80. The molecular formula is C18H35NO. The van der Waals surface area contributed by atoms with Crippen molar-refractivity contribution in [2.75, 3.05) is 6.54 Å². The molecule has 20 heavy (non-hydrogen) atoms. The SMILES string of the molecule is CCC(C)(CNC(C)(C)C)CC1CCC2(CCCC2)O1. The Labute approximate surface area is 126 Å². The number of hydrogen-bond acceptors (Lipinski definition) is 2. The third-order valence-electron chi connectivity index (χ3n) is 5.47. The number of rotatable bonds is 5. The molecule has 1 saturated heterocycles. The largest absolute Gasteiger partial charge is 0.372 e. The molecule has 1 aliphatic carbocycles. The highest BCUT2D eigenvalue weighted by molar-refractivity contribution is 4.94. The number of ether oxygens (including phenoxy) is 1. The maximum atomic E-state index is 6.51. The van der Waals surface area contributed by atoms with E-state index < -0.39 is 0 Å². The Kier molecular flexibility index (Phi) is 4.86. The summed E-state index contributed by atoms with van der Waals surface area (Å²) in [5.74, 6) is 0. The molecule has 0 aromatic heterocycles. The van der Waals surface area contributed by atoms with Crippen molar-refractivity contribution in [1.82, 2.24) is 5.32 Å². The van der Waals surface area contributed by atoms with Gasteiger partial charge in [-0.3, -0.25) is 0 Å². The highest BCUT2D eigenvalue weighted by Crippen LogP contribution is 2.46. The zero-order chi connectivity index (χ0) is 14.9. The predicted molar refractivity (Wildman–Crippen MR) is 86.1 cm³/mol. The molecule has 2 aliphatic rings. The highest BCUT2D eigenvalue weighted by Gasteiger charge is 2.43. The molecule has 2 heteroatoms. The van der Waals surface area contributed by atoms with Crippen molar-refractivity contribution in [3.63, 3.8) is 0 Å². The minimum atomic E-state index is 0.208. The summed E-state index contributed by atoms with van der Waals surface area (Å²) in [6.07, 6.45) is 10.9. The zero-order valence-electron chi connectivity index (χ0n) is 14.3. The molecule has 118 valence electrons. The van der Waals surface area contributed by atoms with Crippen LogP contribution in [0.1, 0.15) is 86.0 Å². The quantitative estimate of drug-likeness (QED) is 0.790. The number of hydrogen-bond donors (Lipinski definition) is 1. The monoisotopic (exact) mass is 281 g/mol. The van der Waals surface area contributed by atoms with Crippen LogP contribution in [0.4, 0.5) is 0 Å². The first-order chi connectivity index (χ1) is 9.26. The minimum absolute atomic E-state index is 0.208. The molecular weight excluding hydrogens is 246 g/mol. The first kappa shape index (κ1) is 16.3. The van der Waals surface area contributed by atoms with E-state index in [1.165, 1.54) is 51.4 Å². The lowest BCUT2D eigenvalue weighted by molar-refractivity contribution is -0.0526. The summed E-state index contributed by atoms with van der Waals surface area (Å²) in [5, 5.41) is 3.69. The van der Waals surface area contributed by atoms with E-state index in [1.54, 1.807) is 0 Å².